The van der Waals surface area contributed by atoms with Crippen molar-refractivity contribution in [3.8, 4) is 5.75 Å². The van der Waals surface area contributed by atoms with Crippen molar-refractivity contribution in [2.75, 3.05) is 12.4 Å². The van der Waals surface area contributed by atoms with Crippen molar-refractivity contribution in [1.82, 2.24) is 4.98 Å². The lowest BCUT2D eigenvalue weighted by Gasteiger charge is -2.21. The van der Waals surface area contributed by atoms with Gasteiger partial charge in [-0.05, 0) is 42.2 Å². The molecule has 1 aromatic heterocycles. The van der Waals surface area contributed by atoms with Gasteiger partial charge in [0.25, 0.3) is 5.91 Å². The molecule has 0 saturated heterocycles. The third-order valence-corrected chi connectivity index (χ3v) is 3.46. The van der Waals surface area contributed by atoms with Gasteiger partial charge in [-0.2, -0.15) is 0 Å². The summed E-state index contributed by atoms with van der Waals surface area (Å²) in [6.07, 6.45) is 1.67. The van der Waals surface area contributed by atoms with Crippen LogP contribution in [0.5, 0.6) is 5.75 Å². The molecule has 1 N–H and O–H groups in total. The molecule has 0 aliphatic heterocycles. The zero-order valence-electron chi connectivity index (χ0n) is 13.7. The van der Waals surface area contributed by atoms with Crippen molar-refractivity contribution in [2.24, 2.45) is 0 Å². The number of aryl methyl sites for hydroxylation is 1. The Morgan fingerprint density at radius 3 is 2.50 bits per heavy atom. The molecule has 0 bridgehead atoms. The molecular formula is C18H22N2O2. The van der Waals surface area contributed by atoms with E-state index in [0.717, 1.165) is 16.9 Å². The third kappa shape index (κ3) is 3.64. The number of aromatic nitrogens is 1. The largest absolute Gasteiger partial charge is 0.496 e. The summed E-state index contributed by atoms with van der Waals surface area (Å²) in [5, 5.41) is 2.89. The number of pyridine rings is 1. The van der Waals surface area contributed by atoms with Crippen molar-refractivity contribution in [1.29, 1.82) is 0 Å². The van der Waals surface area contributed by atoms with Crippen LogP contribution in [-0.4, -0.2) is 18.0 Å². The van der Waals surface area contributed by atoms with Crippen LogP contribution in [0.1, 0.15) is 42.4 Å². The number of carbonyl (C=O) groups is 1. The highest BCUT2D eigenvalue weighted by Crippen LogP contribution is 2.28. The van der Waals surface area contributed by atoms with E-state index in [1.807, 2.05) is 31.2 Å². The number of hydrogen-bond acceptors (Lipinski definition) is 3. The Balaban J connectivity index is 2.35. The lowest BCUT2D eigenvalue weighted by Crippen LogP contribution is -2.17. The van der Waals surface area contributed by atoms with E-state index in [4.69, 9.17) is 4.74 Å². The molecule has 0 aliphatic carbocycles. The fourth-order valence-corrected chi connectivity index (χ4v) is 2.17. The number of rotatable bonds is 3. The molecule has 0 radical (unpaired) electrons. The van der Waals surface area contributed by atoms with Gasteiger partial charge in [-0.15, -0.1) is 0 Å². The summed E-state index contributed by atoms with van der Waals surface area (Å²) in [4.78, 5) is 16.7. The highest BCUT2D eigenvalue weighted by molar-refractivity contribution is 6.06. The molecule has 0 unspecified atom stereocenters. The number of benzene rings is 1. The van der Waals surface area contributed by atoms with Crippen LogP contribution in [0.15, 0.2) is 36.5 Å². The Morgan fingerprint density at radius 2 is 1.91 bits per heavy atom. The monoisotopic (exact) mass is 298 g/mol. The minimum Gasteiger partial charge on any atom is -0.496 e. The van der Waals surface area contributed by atoms with Gasteiger partial charge >= 0.3 is 0 Å². The van der Waals surface area contributed by atoms with Gasteiger partial charge in [0.15, 0.2) is 0 Å². The van der Waals surface area contributed by atoms with Gasteiger partial charge in [0.2, 0.25) is 0 Å². The first-order valence-electron chi connectivity index (χ1n) is 7.24. The molecule has 0 fully saturated rings. The van der Waals surface area contributed by atoms with Crippen LogP contribution in [0.25, 0.3) is 0 Å². The molecule has 0 spiro atoms. The van der Waals surface area contributed by atoms with E-state index in [1.165, 1.54) is 0 Å². The average Bonchev–Trinajstić information content (AvgIpc) is 2.45. The van der Waals surface area contributed by atoms with Crippen LogP contribution in [0.3, 0.4) is 0 Å². The molecule has 0 saturated carbocycles. The maximum Gasteiger partial charge on any atom is 0.259 e. The summed E-state index contributed by atoms with van der Waals surface area (Å²) in [5.41, 5.74) is 3.16. The van der Waals surface area contributed by atoms with Gasteiger partial charge in [-0.25, -0.2) is 0 Å². The van der Waals surface area contributed by atoms with Crippen LogP contribution < -0.4 is 10.1 Å². The van der Waals surface area contributed by atoms with Crippen molar-refractivity contribution in [3.63, 3.8) is 0 Å². The molecule has 1 heterocycles. The van der Waals surface area contributed by atoms with E-state index >= 15 is 0 Å². The maximum atomic E-state index is 12.6. The third-order valence-electron chi connectivity index (χ3n) is 3.46. The van der Waals surface area contributed by atoms with E-state index in [0.29, 0.717) is 11.3 Å². The summed E-state index contributed by atoms with van der Waals surface area (Å²) >= 11 is 0. The average molecular weight is 298 g/mol. The Labute approximate surface area is 131 Å². The minimum absolute atomic E-state index is 0.0332. The van der Waals surface area contributed by atoms with Crippen molar-refractivity contribution >= 4 is 11.6 Å². The van der Waals surface area contributed by atoms with Crippen LogP contribution >= 0.6 is 0 Å². The smallest absolute Gasteiger partial charge is 0.259 e. The van der Waals surface area contributed by atoms with Gasteiger partial charge in [-0.3, -0.25) is 9.78 Å². The number of ether oxygens (including phenoxy) is 1. The number of carbonyl (C=O) groups excluding carboxylic acids is 1. The van der Waals surface area contributed by atoms with E-state index in [9.17, 15) is 4.79 Å². The second-order valence-corrected chi connectivity index (χ2v) is 6.31. The molecule has 22 heavy (non-hydrogen) atoms. The topological polar surface area (TPSA) is 51.2 Å². The highest BCUT2D eigenvalue weighted by Gasteiger charge is 2.19. The Kier molecular flexibility index (Phi) is 4.50. The number of amides is 1. The Morgan fingerprint density at radius 1 is 1.18 bits per heavy atom. The summed E-state index contributed by atoms with van der Waals surface area (Å²) in [6.45, 7) is 8.23. The summed E-state index contributed by atoms with van der Waals surface area (Å²) in [5.74, 6) is 0.379. The minimum atomic E-state index is -0.187. The highest BCUT2D eigenvalue weighted by atomic mass is 16.5. The zero-order valence-corrected chi connectivity index (χ0v) is 13.7. The van der Waals surface area contributed by atoms with E-state index < -0.39 is 0 Å². The zero-order chi connectivity index (χ0) is 16.3. The molecule has 1 aromatic carbocycles. The maximum absolute atomic E-state index is 12.6. The van der Waals surface area contributed by atoms with Crippen molar-refractivity contribution in [2.45, 2.75) is 33.1 Å². The normalized spacial score (nSPS) is 11.1. The fraction of sp³-hybridized carbons (Fsp3) is 0.333. The standard InChI is InChI=1S/C18H22N2O2/c1-12-10-14(8-9-19-12)20-17(21)15-11-13(18(2,3)4)6-7-16(15)22-5/h6-11H,1-5H3,(H,19,20,21). The molecule has 2 aromatic rings. The van der Waals surface area contributed by atoms with Gasteiger partial charge in [0, 0.05) is 17.6 Å². The number of nitrogens with one attached hydrogen (secondary N) is 1. The lowest BCUT2D eigenvalue weighted by molar-refractivity contribution is 0.102. The first kappa shape index (κ1) is 16.0. The Hall–Kier alpha value is -2.36. The second-order valence-electron chi connectivity index (χ2n) is 6.31. The second kappa shape index (κ2) is 6.18. The summed E-state index contributed by atoms with van der Waals surface area (Å²) in [6, 6.07) is 9.32. The van der Waals surface area contributed by atoms with Crippen LogP contribution in [-0.2, 0) is 5.41 Å². The number of nitrogens with zero attached hydrogens (tertiary/aromatic N) is 1. The van der Waals surface area contributed by atoms with Crippen LogP contribution in [0.4, 0.5) is 5.69 Å². The summed E-state index contributed by atoms with van der Waals surface area (Å²) < 4.78 is 5.32. The molecule has 2 rings (SSSR count). The molecule has 4 nitrogen and oxygen atoms in total. The van der Waals surface area contributed by atoms with Crippen LogP contribution in [0, 0.1) is 6.92 Å². The quantitative estimate of drug-likeness (QED) is 0.933. The van der Waals surface area contributed by atoms with E-state index in [2.05, 4.69) is 31.1 Å². The van der Waals surface area contributed by atoms with Gasteiger partial charge in [0.05, 0.1) is 12.7 Å². The molecule has 1 amide bonds. The van der Waals surface area contributed by atoms with Crippen molar-refractivity contribution < 1.29 is 9.53 Å². The molecule has 116 valence electrons. The first-order valence-corrected chi connectivity index (χ1v) is 7.24. The number of methoxy groups -OCH3 is 1. The van der Waals surface area contributed by atoms with Gasteiger partial charge < -0.3 is 10.1 Å². The number of anilines is 1. The fourth-order valence-electron chi connectivity index (χ4n) is 2.17. The van der Waals surface area contributed by atoms with Crippen molar-refractivity contribution in [3.05, 3.63) is 53.3 Å². The molecular weight excluding hydrogens is 276 g/mol. The van der Waals surface area contributed by atoms with Gasteiger partial charge in [0.1, 0.15) is 5.75 Å². The van der Waals surface area contributed by atoms with Gasteiger partial charge in [-0.1, -0.05) is 26.8 Å². The predicted octanol–water partition coefficient (Wildman–Crippen LogP) is 3.95. The summed E-state index contributed by atoms with van der Waals surface area (Å²) in [7, 11) is 1.57. The van der Waals surface area contributed by atoms with E-state index in [1.54, 1.807) is 19.4 Å². The molecule has 0 aliphatic rings. The first-order chi connectivity index (χ1) is 10.3. The predicted molar refractivity (Wildman–Crippen MR) is 88.6 cm³/mol. The molecule has 0 atom stereocenters. The van der Waals surface area contributed by atoms with E-state index in [-0.39, 0.29) is 11.3 Å². The van der Waals surface area contributed by atoms with Crippen LogP contribution in [0.2, 0.25) is 0 Å². The lowest BCUT2D eigenvalue weighted by atomic mass is 9.86. The molecule has 4 heteroatoms. The Bertz CT molecular complexity index is 688. The number of hydrogen-bond donors (Lipinski definition) is 1. The SMILES string of the molecule is COc1ccc(C(C)(C)C)cc1C(=O)Nc1ccnc(C)c1.